The van der Waals surface area contributed by atoms with Crippen molar-refractivity contribution in [2.75, 3.05) is 33.2 Å². The van der Waals surface area contributed by atoms with Crippen molar-refractivity contribution < 1.29 is 4.79 Å². The summed E-state index contributed by atoms with van der Waals surface area (Å²) in [6.45, 7) is 8.51. The molecule has 0 aliphatic carbocycles. The average molecular weight is 274 g/mol. The molecule has 0 radical (unpaired) electrons. The van der Waals surface area contributed by atoms with Crippen LogP contribution in [0.1, 0.15) is 35.7 Å². The van der Waals surface area contributed by atoms with Gasteiger partial charge in [-0.05, 0) is 46.8 Å². The Morgan fingerprint density at radius 2 is 1.85 bits per heavy atom. The molecule has 3 heteroatoms. The summed E-state index contributed by atoms with van der Waals surface area (Å²) in [7, 11) is 2.05. The Bertz CT molecular complexity index is 435. The first kappa shape index (κ1) is 15.2. The standard InChI is InChI=1S/C17H26N2O/c1-14-6-8-16(9-7-14)17(20)15(2)18(3)12-13-19-10-4-5-11-19/h6-9,15H,4-5,10-13H2,1-3H3. The number of hydrogen-bond acceptors (Lipinski definition) is 3. The zero-order valence-corrected chi connectivity index (χ0v) is 12.9. The number of carbonyl (C=O) groups is 1. The summed E-state index contributed by atoms with van der Waals surface area (Å²) in [6.07, 6.45) is 2.64. The summed E-state index contributed by atoms with van der Waals surface area (Å²) >= 11 is 0. The van der Waals surface area contributed by atoms with Crippen molar-refractivity contribution >= 4 is 5.78 Å². The highest BCUT2D eigenvalue weighted by molar-refractivity contribution is 5.99. The number of benzene rings is 1. The van der Waals surface area contributed by atoms with E-state index in [1.165, 1.54) is 31.5 Å². The van der Waals surface area contributed by atoms with Crippen LogP contribution in [0.4, 0.5) is 0 Å². The molecule has 1 heterocycles. The molecule has 1 fully saturated rings. The third-order valence-corrected chi connectivity index (χ3v) is 4.34. The first-order valence-corrected chi connectivity index (χ1v) is 7.61. The van der Waals surface area contributed by atoms with E-state index in [1.54, 1.807) is 0 Å². The smallest absolute Gasteiger partial charge is 0.179 e. The third kappa shape index (κ3) is 3.90. The molecule has 1 atom stereocenters. The van der Waals surface area contributed by atoms with Crippen molar-refractivity contribution in [2.45, 2.75) is 32.7 Å². The quantitative estimate of drug-likeness (QED) is 0.745. The van der Waals surface area contributed by atoms with Gasteiger partial charge in [-0.15, -0.1) is 0 Å². The number of rotatable bonds is 6. The van der Waals surface area contributed by atoms with Gasteiger partial charge in [0, 0.05) is 18.7 Å². The van der Waals surface area contributed by atoms with Gasteiger partial charge in [0.05, 0.1) is 6.04 Å². The minimum Gasteiger partial charge on any atom is -0.302 e. The van der Waals surface area contributed by atoms with Gasteiger partial charge in [0.15, 0.2) is 5.78 Å². The van der Waals surface area contributed by atoms with Crippen molar-refractivity contribution in [1.29, 1.82) is 0 Å². The van der Waals surface area contributed by atoms with Crippen LogP contribution in [0.3, 0.4) is 0 Å². The number of ketones is 1. The summed E-state index contributed by atoms with van der Waals surface area (Å²) in [5.41, 5.74) is 2.01. The van der Waals surface area contributed by atoms with Crippen LogP contribution in [0.5, 0.6) is 0 Å². The number of Topliss-reactive ketones (excluding diaryl/α,β-unsaturated/α-hetero) is 1. The summed E-state index contributed by atoms with van der Waals surface area (Å²) in [5.74, 6) is 0.217. The third-order valence-electron chi connectivity index (χ3n) is 4.34. The number of aryl methyl sites for hydroxylation is 1. The van der Waals surface area contributed by atoms with Crippen molar-refractivity contribution in [3.8, 4) is 0 Å². The Hall–Kier alpha value is -1.19. The molecule has 20 heavy (non-hydrogen) atoms. The predicted molar refractivity (Wildman–Crippen MR) is 83.3 cm³/mol. The number of hydrogen-bond donors (Lipinski definition) is 0. The Morgan fingerprint density at radius 1 is 1.25 bits per heavy atom. The number of likely N-dealkylation sites (tertiary alicyclic amines) is 1. The summed E-state index contributed by atoms with van der Waals surface area (Å²) < 4.78 is 0. The van der Waals surface area contributed by atoms with Crippen LogP contribution in [-0.2, 0) is 0 Å². The van der Waals surface area contributed by atoms with E-state index in [1.807, 2.05) is 45.2 Å². The number of carbonyl (C=O) groups excluding carboxylic acids is 1. The van der Waals surface area contributed by atoms with Crippen molar-refractivity contribution in [2.24, 2.45) is 0 Å². The van der Waals surface area contributed by atoms with E-state index in [9.17, 15) is 4.79 Å². The summed E-state index contributed by atoms with van der Waals surface area (Å²) in [4.78, 5) is 17.1. The van der Waals surface area contributed by atoms with Gasteiger partial charge in [-0.1, -0.05) is 29.8 Å². The second kappa shape index (κ2) is 7.00. The van der Waals surface area contributed by atoms with Crippen LogP contribution in [-0.4, -0.2) is 54.9 Å². The van der Waals surface area contributed by atoms with Gasteiger partial charge in [-0.25, -0.2) is 0 Å². The predicted octanol–water partition coefficient (Wildman–Crippen LogP) is 2.59. The normalized spacial score (nSPS) is 17.6. The van der Waals surface area contributed by atoms with Gasteiger partial charge < -0.3 is 4.90 Å². The SMILES string of the molecule is Cc1ccc(C(=O)C(C)N(C)CCN2CCCC2)cc1. The molecule has 1 aliphatic rings. The lowest BCUT2D eigenvalue weighted by Gasteiger charge is -2.26. The lowest BCUT2D eigenvalue weighted by atomic mass is 10.0. The fourth-order valence-electron chi connectivity index (χ4n) is 2.66. The fraction of sp³-hybridized carbons (Fsp3) is 0.588. The average Bonchev–Trinajstić information content (AvgIpc) is 2.97. The summed E-state index contributed by atoms with van der Waals surface area (Å²) in [5, 5.41) is 0. The first-order chi connectivity index (χ1) is 9.58. The van der Waals surface area contributed by atoms with Gasteiger partial charge in [-0.2, -0.15) is 0 Å². The molecule has 1 aromatic rings. The van der Waals surface area contributed by atoms with Crippen LogP contribution in [0.2, 0.25) is 0 Å². The van der Waals surface area contributed by atoms with Gasteiger partial charge in [0.1, 0.15) is 0 Å². The van der Waals surface area contributed by atoms with Gasteiger partial charge in [0.25, 0.3) is 0 Å². The minimum absolute atomic E-state index is 0.0553. The molecule has 110 valence electrons. The molecule has 0 amide bonds. The maximum Gasteiger partial charge on any atom is 0.179 e. The second-order valence-electron chi connectivity index (χ2n) is 5.94. The highest BCUT2D eigenvalue weighted by Crippen LogP contribution is 2.11. The molecule has 0 bridgehead atoms. The Morgan fingerprint density at radius 3 is 2.45 bits per heavy atom. The maximum absolute atomic E-state index is 12.4. The van der Waals surface area contributed by atoms with E-state index in [-0.39, 0.29) is 11.8 Å². The van der Waals surface area contributed by atoms with Gasteiger partial charge in [0.2, 0.25) is 0 Å². The molecule has 0 saturated carbocycles. The molecule has 1 aromatic carbocycles. The van der Waals surface area contributed by atoms with E-state index in [4.69, 9.17) is 0 Å². The van der Waals surface area contributed by atoms with Gasteiger partial charge >= 0.3 is 0 Å². The molecular formula is C17H26N2O. The van der Waals surface area contributed by atoms with Crippen LogP contribution in [0, 0.1) is 6.92 Å². The van der Waals surface area contributed by atoms with Crippen LogP contribution >= 0.6 is 0 Å². The fourth-order valence-corrected chi connectivity index (χ4v) is 2.66. The maximum atomic E-state index is 12.4. The van der Waals surface area contributed by atoms with Crippen LogP contribution < -0.4 is 0 Å². The van der Waals surface area contributed by atoms with Crippen LogP contribution in [0.15, 0.2) is 24.3 Å². The van der Waals surface area contributed by atoms with Crippen molar-refractivity contribution in [1.82, 2.24) is 9.80 Å². The Kier molecular flexibility index (Phi) is 5.32. The van der Waals surface area contributed by atoms with E-state index in [0.29, 0.717) is 0 Å². The topological polar surface area (TPSA) is 23.6 Å². The monoisotopic (exact) mass is 274 g/mol. The van der Waals surface area contributed by atoms with E-state index in [0.717, 1.165) is 18.7 Å². The van der Waals surface area contributed by atoms with E-state index in [2.05, 4.69) is 9.80 Å². The Labute approximate surface area is 122 Å². The highest BCUT2D eigenvalue weighted by atomic mass is 16.1. The van der Waals surface area contributed by atoms with E-state index >= 15 is 0 Å². The molecular weight excluding hydrogens is 248 g/mol. The molecule has 1 aliphatic heterocycles. The zero-order chi connectivity index (χ0) is 14.5. The lowest BCUT2D eigenvalue weighted by Crippen LogP contribution is -2.40. The number of likely N-dealkylation sites (N-methyl/N-ethyl adjacent to an activating group) is 1. The molecule has 3 nitrogen and oxygen atoms in total. The first-order valence-electron chi connectivity index (χ1n) is 7.61. The second-order valence-corrected chi connectivity index (χ2v) is 5.94. The molecule has 1 saturated heterocycles. The number of nitrogens with zero attached hydrogens (tertiary/aromatic N) is 2. The largest absolute Gasteiger partial charge is 0.302 e. The van der Waals surface area contributed by atoms with E-state index < -0.39 is 0 Å². The lowest BCUT2D eigenvalue weighted by molar-refractivity contribution is 0.0859. The zero-order valence-electron chi connectivity index (χ0n) is 12.9. The molecule has 1 unspecified atom stereocenters. The summed E-state index contributed by atoms with van der Waals surface area (Å²) in [6, 6.07) is 7.82. The minimum atomic E-state index is -0.0553. The Balaban J connectivity index is 1.86. The van der Waals surface area contributed by atoms with Crippen molar-refractivity contribution in [3.05, 3.63) is 35.4 Å². The van der Waals surface area contributed by atoms with Gasteiger partial charge in [-0.3, -0.25) is 9.69 Å². The van der Waals surface area contributed by atoms with Crippen molar-refractivity contribution in [3.63, 3.8) is 0 Å². The van der Waals surface area contributed by atoms with Crippen LogP contribution in [0.25, 0.3) is 0 Å². The highest BCUT2D eigenvalue weighted by Gasteiger charge is 2.20. The molecule has 0 N–H and O–H groups in total. The molecule has 0 spiro atoms. The molecule has 2 rings (SSSR count). The molecule has 0 aromatic heterocycles.